The minimum atomic E-state index is -2.95. The number of rotatable bonds is 6. The van der Waals surface area contributed by atoms with Crippen LogP contribution in [0, 0.1) is 11.3 Å². The third kappa shape index (κ3) is 9.40. The van der Waals surface area contributed by atoms with Crippen LogP contribution in [-0.4, -0.2) is 39.5 Å². The van der Waals surface area contributed by atoms with E-state index in [9.17, 15) is 8.42 Å². The average molecular weight is 450 g/mol. The van der Waals surface area contributed by atoms with E-state index in [4.69, 9.17) is 5.26 Å². The van der Waals surface area contributed by atoms with Crippen LogP contribution in [0.15, 0.2) is 29.3 Å². The minimum Gasteiger partial charge on any atom is -0.354 e. The van der Waals surface area contributed by atoms with Gasteiger partial charge in [-0.25, -0.2) is 8.42 Å². The molecule has 2 N–H and O–H groups in total. The van der Waals surface area contributed by atoms with Crippen LogP contribution in [0.3, 0.4) is 0 Å². The molecule has 0 saturated heterocycles. The molecule has 0 amide bonds. The number of sulfone groups is 1. The number of hydrogen-bond donors (Lipinski definition) is 2. The second-order valence-corrected chi connectivity index (χ2v) is 7.46. The summed E-state index contributed by atoms with van der Waals surface area (Å²) in [7, 11) is -1.29. The molecule has 0 spiro atoms. The fourth-order valence-corrected chi connectivity index (χ4v) is 2.56. The molecule has 1 aromatic carbocycles. The van der Waals surface area contributed by atoms with Crippen LogP contribution >= 0.6 is 24.0 Å². The van der Waals surface area contributed by atoms with Crippen molar-refractivity contribution in [1.29, 1.82) is 5.26 Å². The van der Waals surface area contributed by atoms with Gasteiger partial charge in [-0.1, -0.05) is 12.1 Å². The predicted molar refractivity (Wildman–Crippen MR) is 104 cm³/mol. The third-order valence-corrected chi connectivity index (χ3v) is 4.05. The van der Waals surface area contributed by atoms with Gasteiger partial charge in [0, 0.05) is 25.9 Å². The molecular weight excluding hydrogens is 427 g/mol. The van der Waals surface area contributed by atoms with Gasteiger partial charge >= 0.3 is 0 Å². The Morgan fingerprint density at radius 3 is 2.43 bits per heavy atom. The normalized spacial score (nSPS) is 12.7. The first-order valence-electron chi connectivity index (χ1n) is 6.98. The zero-order valence-corrected chi connectivity index (χ0v) is 16.7. The number of hydrogen-bond acceptors (Lipinski definition) is 4. The van der Waals surface area contributed by atoms with Crippen LogP contribution in [-0.2, 0) is 16.4 Å². The Balaban J connectivity index is 0.00000484. The van der Waals surface area contributed by atoms with E-state index in [0.717, 1.165) is 5.56 Å². The lowest BCUT2D eigenvalue weighted by Crippen LogP contribution is -2.42. The molecule has 1 unspecified atom stereocenters. The largest absolute Gasteiger partial charge is 0.354 e. The quantitative estimate of drug-likeness (QED) is 0.391. The zero-order chi connectivity index (χ0) is 16.6. The monoisotopic (exact) mass is 450 g/mol. The highest BCUT2D eigenvalue weighted by Gasteiger charge is 2.09. The maximum Gasteiger partial charge on any atom is 0.191 e. The highest BCUT2D eigenvalue weighted by Crippen LogP contribution is 2.03. The maximum atomic E-state index is 11.2. The lowest BCUT2D eigenvalue weighted by Gasteiger charge is -2.17. The van der Waals surface area contributed by atoms with E-state index < -0.39 is 9.84 Å². The predicted octanol–water partition coefficient (Wildman–Crippen LogP) is 1.66. The fraction of sp³-hybridized carbons (Fsp3) is 0.467. The van der Waals surface area contributed by atoms with Gasteiger partial charge in [0.05, 0.1) is 17.4 Å². The van der Waals surface area contributed by atoms with Crippen molar-refractivity contribution in [1.82, 2.24) is 10.6 Å². The van der Waals surface area contributed by atoms with E-state index in [1.54, 1.807) is 19.2 Å². The van der Waals surface area contributed by atoms with Crippen LogP contribution in [0.5, 0.6) is 0 Å². The minimum absolute atomic E-state index is 0. The topological polar surface area (TPSA) is 94.3 Å². The summed E-state index contributed by atoms with van der Waals surface area (Å²) < 4.78 is 22.3. The highest BCUT2D eigenvalue weighted by molar-refractivity contribution is 14.0. The molecular formula is C15H23IN4O2S. The van der Waals surface area contributed by atoms with Gasteiger partial charge in [0.1, 0.15) is 9.84 Å². The molecule has 0 aliphatic carbocycles. The van der Waals surface area contributed by atoms with Gasteiger partial charge in [-0.05, 0) is 31.0 Å². The van der Waals surface area contributed by atoms with E-state index >= 15 is 0 Å². The Kier molecular flexibility index (Phi) is 9.83. The Morgan fingerprint density at radius 1 is 1.35 bits per heavy atom. The van der Waals surface area contributed by atoms with Crippen LogP contribution in [0.25, 0.3) is 0 Å². The fourth-order valence-electron chi connectivity index (χ4n) is 1.77. The SMILES string of the molecule is CN=C(NCc1ccc(C#N)cc1)NC(C)CCS(C)(=O)=O.I. The van der Waals surface area contributed by atoms with Gasteiger partial charge in [-0.3, -0.25) is 4.99 Å². The van der Waals surface area contributed by atoms with Gasteiger partial charge in [-0.2, -0.15) is 5.26 Å². The Hall–Kier alpha value is -1.34. The summed E-state index contributed by atoms with van der Waals surface area (Å²) in [5.41, 5.74) is 1.66. The average Bonchev–Trinajstić information content (AvgIpc) is 2.49. The summed E-state index contributed by atoms with van der Waals surface area (Å²) in [4.78, 5) is 4.11. The van der Waals surface area contributed by atoms with Crippen molar-refractivity contribution in [3.8, 4) is 6.07 Å². The first-order valence-corrected chi connectivity index (χ1v) is 9.04. The van der Waals surface area contributed by atoms with Crippen LogP contribution in [0.2, 0.25) is 0 Å². The summed E-state index contributed by atoms with van der Waals surface area (Å²) in [6.07, 6.45) is 1.76. The Bertz CT molecular complexity index is 651. The van der Waals surface area contributed by atoms with E-state index in [-0.39, 0.29) is 35.8 Å². The zero-order valence-electron chi connectivity index (χ0n) is 13.5. The third-order valence-electron chi connectivity index (χ3n) is 3.07. The first-order chi connectivity index (χ1) is 10.3. The lowest BCUT2D eigenvalue weighted by atomic mass is 10.1. The van der Waals surface area contributed by atoms with Gasteiger partial charge in [-0.15, -0.1) is 24.0 Å². The molecule has 1 aromatic rings. The van der Waals surface area contributed by atoms with Gasteiger partial charge in [0.15, 0.2) is 5.96 Å². The number of aliphatic imine (C=N–C) groups is 1. The number of nitrogens with zero attached hydrogens (tertiary/aromatic N) is 2. The van der Waals surface area contributed by atoms with Gasteiger partial charge < -0.3 is 10.6 Å². The summed E-state index contributed by atoms with van der Waals surface area (Å²) in [5, 5.41) is 15.1. The van der Waals surface area contributed by atoms with Crippen molar-refractivity contribution in [2.24, 2.45) is 4.99 Å². The molecule has 6 nitrogen and oxygen atoms in total. The Morgan fingerprint density at radius 2 is 1.96 bits per heavy atom. The second-order valence-electron chi connectivity index (χ2n) is 5.20. The molecule has 0 radical (unpaired) electrons. The molecule has 128 valence electrons. The number of benzene rings is 1. The molecule has 8 heteroatoms. The molecule has 0 aliphatic rings. The van der Waals surface area contributed by atoms with E-state index in [2.05, 4.69) is 21.7 Å². The molecule has 0 bridgehead atoms. The van der Waals surface area contributed by atoms with E-state index in [1.165, 1.54) is 6.26 Å². The van der Waals surface area contributed by atoms with Gasteiger partial charge in [0.25, 0.3) is 0 Å². The molecule has 23 heavy (non-hydrogen) atoms. The maximum absolute atomic E-state index is 11.2. The summed E-state index contributed by atoms with van der Waals surface area (Å²) >= 11 is 0. The first kappa shape index (κ1) is 21.7. The van der Waals surface area contributed by atoms with Crippen molar-refractivity contribution >= 4 is 39.8 Å². The molecule has 0 fully saturated rings. The van der Waals surface area contributed by atoms with Crippen molar-refractivity contribution in [3.05, 3.63) is 35.4 Å². The van der Waals surface area contributed by atoms with Gasteiger partial charge in [0.2, 0.25) is 0 Å². The van der Waals surface area contributed by atoms with Crippen molar-refractivity contribution in [2.45, 2.75) is 25.9 Å². The van der Waals surface area contributed by atoms with Crippen molar-refractivity contribution < 1.29 is 8.42 Å². The molecule has 0 aliphatic heterocycles. The highest BCUT2D eigenvalue weighted by atomic mass is 127. The Labute approximate surface area is 155 Å². The molecule has 0 heterocycles. The molecule has 1 atom stereocenters. The standard InChI is InChI=1S/C15H22N4O2S.HI/c1-12(8-9-22(3,20)21)19-15(17-2)18-11-14-6-4-13(10-16)5-7-14;/h4-7,12H,8-9,11H2,1-3H3,(H2,17,18,19);1H. The summed E-state index contributed by atoms with van der Waals surface area (Å²) in [6, 6.07) is 9.37. The van der Waals surface area contributed by atoms with Crippen molar-refractivity contribution in [3.63, 3.8) is 0 Å². The van der Waals surface area contributed by atoms with Crippen LogP contribution in [0.1, 0.15) is 24.5 Å². The van der Waals surface area contributed by atoms with Crippen LogP contribution < -0.4 is 10.6 Å². The van der Waals surface area contributed by atoms with Crippen molar-refractivity contribution in [2.75, 3.05) is 19.1 Å². The molecule has 0 aromatic heterocycles. The second kappa shape index (κ2) is 10.4. The van der Waals surface area contributed by atoms with E-state index in [1.807, 2.05) is 19.1 Å². The smallest absolute Gasteiger partial charge is 0.191 e. The number of nitriles is 1. The summed E-state index contributed by atoms with van der Waals surface area (Å²) in [5.74, 6) is 0.763. The van der Waals surface area contributed by atoms with Crippen LogP contribution in [0.4, 0.5) is 0 Å². The number of nitrogens with one attached hydrogen (secondary N) is 2. The molecule has 0 saturated carbocycles. The number of guanidine groups is 1. The van der Waals surface area contributed by atoms with E-state index in [0.29, 0.717) is 24.5 Å². The number of halogens is 1. The summed E-state index contributed by atoms with van der Waals surface area (Å²) in [6.45, 7) is 2.49. The lowest BCUT2D eigenvalue weighted by molar-refractivity contribution is 0.581. The molecule has 1 rings (SSSR count).